The highest BCUT2D eigenvalue weighted by atomic mass is 16.5. The maximum Gasteiger partial charge on any atom is 0.144 e. The Hall–Kier alpha value is -3.40. The SMILES string of the molecule is CC1(C)CC(=O)C2C(c3cccc(Oc4ccccc4)c3)=Nc3ccccc3NC2C1. The third-order valence-corrected chi connectivity index (χ3v) is 6.06. The van der Waals surface area contributed by atoms with Gasteiger partial charge in [0.2, 0.25) is 0 Å². The summed E-state index contributed by atoms with van der Waals surface area (Å²) in [5.74, 6) is 1.47. The van der Waals surface area contributed by atoms with Crippen LogP contribution in [0.4, 0.5) is 11.4 Å². The number of hydrogen-bond donors (Lipinski definition) is 1. The van der Waals surface area contributed by atoms with Crippen LogP contribution in [0.2, 0.25) is 0 Å². The van der Waals surface area contributed by atoms with E-state index in [4.69, 9.17) is 9.73 Å². The van der Waals surface area contributed by atoms with Crippen LogP contribution in [0.1, 0.15) is 32.3 Å². The molecule has 1 saturated carbocycles. The summed E-state index contributed by atoms with van der Waals surface area (Å²) in [5, 5.41) is 3.63. The highest BCUT2D eigenvalue weighted by Crippen LogP contribution is 2.43. The number of anilines is 1. The highest BCUT2D eigenvalue weighted by Gasteiger charge is 2.44. The Bertz CT molecular complexity index is 1150. The summed E-state index contributed by atoms with van der Waals surface area (Å²) >= 11 is 0. The molecule has 0 bridgehead atoms. The Morgan fingerprint density at radius 2 is 1.68 bits per heavy atom. The number of nitrogens with one attached hydrogen (secondary N) is 1. The van der Waals surface area contributed by atoms with Crippen molar-refractivity contribution < 1.29 is 9.53 Å². The van der Waals surface area contributed by atoms with Crippen LogP contribution in [0.15, 0.2) is 83.9 Å². The predicted octanol–water partition coefficient (Wildman–Crippen LogP) is 6.40. The van der Waals surface area contributed by atoms with Crippen molar-refractivity contribution in [3.63, 3.8) is 0 Å². The van der Waals surface area contributed by atoms with Crippen molar-refractivity contribution in [1.82, 2.24) is 0 Å². The largest absolute Gasteiger partial charge is 0.457 e. The van der Waals surface area contributed by atoms with Gasteiger partial charge in [0.1, 0.15) is 17.3 Å². The number of nitrogens with zero attached hydrogens (tertiary/aromatic N) is 1. The second-order valence-electron chi connectivity index (χ2n) is 9.20. The molecule has 156 valence electrons. The van der Waals surface area contributed by atoms with E-state index in [1.54, 1.807) is 0 Å². The number of ether oxygens (including phenoxy) is 1. The molecule has 3 aromatic carbocycles. The van der Waals surface area contributed by atoms with Gasteiger partial charge in [0, 0.05) is 18.0 Å². The van der Waals surface area contributed by atoms with Crippen molar-refractivity contribution >= 4 is 22.9 Å². The minimum Gasteiger partial charge on any atom is -0.457 e. The van der Waals surface area contributed by atoms with Crippen molar-refractivity contribution in [3.05, 3.63) is 84.4 Å². The van der Waals surface area contributed by atoms with Crippen molar-refractivity contribution in [3.8, 4) is 11.5 Å². The van der Waals surface area contributed by atoms with Crippen LogP contribution < -0.4 is 10.1 Å². The van der Waals surface area contributed by atoms with Crippen LogP contribution in [0, 0.1) is 11.3 Å². The molecular weight excluding hydrogens is 384 g/mol. The number of benzene rings is 3. The van der Waals surface area contributed by atoms with E-state index in [-0.39, 0.29) is 23.2 Å². The number of carbonyl (C=O) groups is 1. The molecule has 2 unspecified atom stereocenters. The van der Waals surface area contributed by atoms with Crippen LogP contribution in [0.3, 0.4) is 0 Å². The zero-order valence-electron chi connectivity index (χ0n) is 17.8. The van der Waals surface area contributed by atoms with Gasteiger partial charge in [0.25, 0.3) is 0 Å². The monoisotopic (exact) mass is 410 g/mol. The van der Waals surface area contributed by atoms with Crippen molar-refractivity contribution in [1.29, 1.82) is 0 Å². The number of ketones is 1. The minimum atomic E-state index is -0.285. The maximum atomic E-state index is 13.4. The molecule has 1 aliphatic carbocycles. The minimum absolute atomic E-state index is 0.0114. The molecule has 5 rings (SSSR count). The molecule has 2 aliphatic rings. The first-order valence-electron chi connectivity index (χ1n) is 10.8. The van der Waals surface area contributed by atoms with E-state index in [9.17, 15) is 4.79 Å². The molecule has 0 radical (unpaired) electrons. The molecule has 1 fully saturated rings. The first kappa shape index (κ1) is 19.6. The van der Waals surface area contributed by atoms with Gasteiger partial charge < -0.3 is 10.1 Å². The Morgan fingerprint density at radius 3 is 2.52 bits per heavy atom. The lowest BCUT2D eigenvalue weighted by molar-refractivity contribution is -0.125. The summed E-state index contributed by atoms with van der Waals surface area (Å²) in [6.45, 7) is 4.34. The fourth-order valence-corrected chi connectivity index (χ4v) is 4.75. The Kier molecular flexibility index (Phi) is 4.85. The molecule has 1 heterocycles. The second kappa shape index (κ2) is 7.69. The fraction of sp³-hybridized carbons (Fsp3) is 0.259. The maximum absolute atomic E-state index is 13.4. The van der Waals surface area contributed by atoms with Crippen molar-refractivity contribution in [2.24, 2.45) is 16.3 Å². The van der Waals surface area contributed by atoms with Crippen LogP contribution in [-0.4, -0.2) is 17.5 Å². The van der Waals surface area contributed by atoms with Crippen LogP contribution in [0.25, 0.3) is 0 Å². The van der Waals surface area contributed by atoms with E-state index >= 15 is 0 Å². The van der Waals surface area contributed by atoms with E-state index in [2.05, 4.69) is 19.2 Å². The van der Waals surface area contributed by atoms with Crippen molar-refractivity contribution in [2.75, 3.05) is 5.32 Å². The summed E-state index contributed by atoms with van der Waals surface area (Å²) in [7, 11) is 0. The smallest absolute Gasteiger partial charge is 0.144 e. The van der Waals surface area contributed by atoms with E-state index in [0.29, 0.717) is 6.42 Å². The fourth-order valence-electron chi connectivity index (χ4n) is 4.75. The van der Waals surface area contributed by atoms with Gasteiger partial charge in [-0.2, -0.15) is 0 Å². The molecule has 0 amide bonds. The van der Waals surface area contributed by atoms with Crippen molar-refractivity contribution in [2.45, 2.75) is 32.7 Å². The number of para-hydroxylation sites is 3. The third kappa shape index (κ3) is 3.98. The second-order valence-corrected chi connectivity index (χ2v) is 9.20. The third-order valence-electron chi connectivity index (χ3n) is 6.06. The Labute approximate surface area is 183 Å². The number of hydrogen-bond acceptors (Lipinski definition) is 4. The number of aliphatic imine (C=N–C) groups is 1. The quantitative estimate of drug-likeness (QED) is 0.544. The molecule has 4 nitrogen and oxygen atoms in total. The molecule has 1 N–H and O–H groups in total. The van der Waals surface area contributed by atoms with Gasteiger partial charge in [0.15, 0.2) is 0 Å². The molecule has 0 spiro atoms. The standard InChI is InChI=1S/C27H26N2O2/c1-27(2)16-23-25(24(30)17-27)26(29-22-14-7-6-13-21(22)28-23)18-9-8-12-20(15-18)31-19-10-4-3-5-11-19/h3-15,23,25,28H,16-17H2,1-2H3. The van der Waals surface area contributed by atoms with Gasteiger partial charge in [-0.25, -0.2) is 4.99 Å². The number of Topliss-reactive ketones (excluding diaryl/α,β-unsaturated/α-hetero) is 1. The molecular formula is C27H26N2O2. The first-order valence-corrected chi connectivity index (χ1v) is 10.8. The number of fused-ring (bicyclic) bond motifs is 2. The molecule has 1 aliphatic heterocycles. The average Bonchev–Trinajstić information content (AvgIpc) is 2.90. The summed E-state index contributed by atoms with van der Waals surface area (Å²) in [5.41, 5.74) is 3.56. The first-order chi connectivity index (χ1) is 15.0. The molecule has 2 atom stereocenters. The van der Waals surface area contributed by atoms with Crippen LogP contribution in [-0.2, 0) is 4.79 Å². The average molecular weight is 411 g/mol. The van der Waals surface area contributed by atoms with Gasteiger partial charge in [-0.1, -0.05) is 56.3 Å². The normalized spacial score (nSPS) is 21.7. The number of carbonyl (C=O) groups excluding carboxylic acids is 1. The topological polar surface area (TPSA) is 50.7 Å². The van der Waals surface area contributed by atoms with Crippen LogP contribution >= 0.6 is 0 Å². The molecule has 0 saturated heterocycles. The lowest BCUT2D eigenvalue weighted by atomic mass is 9.67. The zero-order chi connectivity index (χ0) is 21.4. The predicted molar refractivity (Wildman–Crippen MR) is 125 cm³/mol. The summed E-state index contributed by atoms with van der Waals surface area (Å²) in [6.07, 6.45) is 1.47. The zero-order valence-corrected chi connectivity index (χ0v) is 17.8. The Balaban J connectivity index is 1.58. The van der Waals surface area contributed by atoms with Gasteiger partial charge in [-0.15, -0.1) is 0 Å². The summed E-state index contributed by atoms with van der Waals surface area (Å²) < 4.78 is 6.05. The van der Waals surface area contributed by atoms with E-state index in [0.717, 1.165) is 40.6 Å². The van der Waals surface area contributed by atoms with Gasteiger partial charge >= 0.3 is 0 Å². The van der Waals surface area contributed by atoms with E-state index < -0.39 is 0 Å². The van der Waals surface area contributed by atoms with Gasteiger partial charge in [0.05, 0.1) is 23.0 Å². The van der Waals surface area contributed by atoms with Gasteiger partial charge in [-0.3, -0.25) is 4.79 Å². The highest BCUT2D eigenvalue weighted by molar-refractivity contribution is 6.16. The Morgan fingerprint density at radius 1 is 0.935 bits per heavy atom. The van der Waals surface area contributed by atoms with E-state index in [1.165, 1.54) is 0 Å². The molecule has 31 heavy (non-hydrogen) atoms. The molecule has 0 aromatic heterocycles. The molecule has 3 aromatic rings. The lowest BCUT2D eigenvalue weighted by Crippen LogP contribution is -2.47. The number of rotatable bonds is 3. The van der Waals surface area contributed by atoms with Gasteiger partial charge in [-0.05, 0) is 48.2 Å². The molecule has 4 heteroatoms. The van der Waals surface area contributed by atoms with E-state index in [1.807, 2.05) is 78.9 Å². The summed E-state index contributed by atoms with van der Waals surface area (Å²) in [4.78, 5) is 18.4. The lowest BCUT2D eigenvalue weighted by Gasteiger charge is -2.40. The van der Waals surface area contributed by atoms with Crippen LogP contribution in [0.5, 0.6) is 11.5 Å². The summed E-state index contributed by atoms with van der Waals surface area (Å²) in [6, 6.07) is 25.7.